The Morgan fingerprint density at radius 1 is 1.29 bits per heavy atom. The zero-order chi connectivity index (χ0) is 15.0. The lowest BCUT2D eigenvalue weighted by atomic mass is 10.1. The summed E-state index contributed by atoms with van der Waals surface area (Å²) in [5.41, 5.74) is 9.09. The Balaban J connectivity index is 1.86. The first-order valence-corrected chi connectivity index (χ1v) is 7.08. The quantitative estimate of drug-likeness (QED) is 0.675. The minimum atomic E-state index is -0.223. The molecule has 0 bridgehead atoms. The van der Waals surface area contributed by atoms with Gasteiger partial charge in [-0.2, -0.15) is 0 Å². The number of nitrogens with zero attached hydrogens (tertiary/aromatic N) is 1. The van der Waals surface area contributed by atoms with E-state index in [1.807, 2.05) is 12.1 Å². The molecule has 3 nitrogen and oxygen atoms in total. The lowest BCUT2D eigenvalue weighted by Crippen LogP contribution is -2.20. The van der Waals surface area contributed by atoms with Crippen LogP contribution in [-0.4, -0.2) is 12.4 Å². The third-order valence-electron chi connectivity index (χ3n) is 3.76. The number of nitrogen functional groups attached to an aromatic ring is 1. The van der Waals surface area contributed by atoms with E-state index in [-0.39, 0.29) is 11.7 Å². The Hall–Kier alpha value is -2.07. The van der Waals surface area contributed by atoms with Gasteiger partial charge in [0.15, 0.2) is 0 Å². The number of amidine groups is 1. The van der Waals surface area contributed by atoms with Crippen molar-refractivity contribution in [2.75, 3.05) is 11.4 Å². The smallest absolute Gasteiger partial charge is 0.125 e. The van der Waals surface area contributed by atoms with Crippen molar-refractivity contribution in [1.82, 2.24) is 0 Å². The van der Waals surface area contributed by atoms with Crippen LogP contribution < -0.4 is 10.6 Å². The molecule has 0 aromatic heterocycles. The van der Waals surface area contributed by atoms with Crippen LogP contribution in [0.1, 0.15) is 16.7 Å². The van der Waals surface area contributed by atoms with Gasteiger partial charge < -0.3 is 10.6 Å². The lowest BCUT2D eigenvalue weighted by Gasteiger charge is -2.20. The zero-order valence-electron chi connectivity index (χ0n) is 11.4. The fourth-order valence-electron chi connectivity index (χ4n) is 2.63. The van der Waals surface area contributed by atoms with Gasteiger partial charge in [0.05, 0.1) is 0 Å². The summed E-state index contributed by atoms with van der Waals surface area (Å²) in [5.74, 6) is -0.226. The molecule has 0 fully saturated rings. The monoisotopic (exact) mass is 303 g/mol. The molecule has 108 valence electrons. The summed E-state index contributed by atoms with van der Waals surface area (Å²) in [6.07, 6.45) is 0.915. The van der Waals surface area contributed by atoms with E-state index in [1.165, 1.54) is 6.07 Å². The predicted octanol–water partition coefficient (Wildman–Crippen LogP) is 3.33. The van der Waals surface area contributed by atoms with Crippen molar-refractivity contribution >= 4 is 23.1 Å². The van der Waals surface area contributed by atoms with Gasteiger partial charge in [-0.25, -0.2) is 4.39 Å². The summed E-state index contributed by atoms with van der Waals surface area (Å²) in [6.45, 7) is 1.47. The standard InChI is InChI=1S/C16H15ClFN3/c17-14-7-11(16(19)20)1-2-12(14)9-21-6-5-10-3-4-13(18)8-15(10)21/h1-4,7-8H,5-6,9H2,(H3,19,20). The molecule has 1 aliphatic heterocycles. The van der Waals surface area contributed by atoms with Crippen LogP contribution in [0.4, 0.5) is 10.1 Å². The molecule has 5 heteroatoms. The summed E-state index contributed by atoms with van der Waals surface area (Å²) in [4.78, 5) is 2.12. The highest BCUT2D eigenvalue weighted by Crippen LogP contribution is 2.31. The fraction of sp³-hybridized carbons (Fsp3) is 0.188. The van der Waals surface area contributed by atoms with E-state index in [1.54, 1.807) is 18.2 Å². The van der Waals surface area contributed by atoms with Crippen LogP contribution in [0.5, 0.6) is 0 Å². The Kier molecular flexibility index (Phi) is 3.55. The second-order valence-electron chi connectivity index (χ2n) is 5.16. The Morgan fingerprint density at radius 3 is 2.81 bits per heavy atom. The molecule has 0 radical (unpaired) electrons. The second kappa shape index (κ2) is 5.37. The van der Waals surface area contributed by atoms with Gasteiger partial charge in [0.1, 0.15) is 11.7 Å². The molecule has 3 N–H and O–H groups in total. The van der Waals surface area contributed by atoms with Crippen LogP contribution in [0.15, 0.2) is 36.4 Å². The van der Waals surface area contributed by atoms with Gasteiger partial charge in [0.2, 0.25) is 0 Å². The zero-order valence-corrected chi connectivity index (χ0v) is 12.1. The first-order chi connectivity index (χ1) is 10.0. The molecule has 21 heavy (non-hydrogen) atoms. The van der Waals surface area contributed by atoms with Crippen molar-refractivity contribution in [2.24, 2.45) is 5.73 Å². The molecule has 0 spiro atoms. The first kappa shape index (κ1) is 13.9. The molecule has 0 saturated heterocycles. The van der Waals surface area contributed by atoms with Crippen LogP contribution in [-0.2, 0) is 13.0 Å². The number of hydrogen-bond donors (Lipinski definition) is 2. The third-order valence-corrected chi connectivity index (χ3v) is 4.12. The topological polar surface area (TPSA) is 53.1 Å². The van der Waals surface area contributed by atoms with Gasteiger partial charge in [0.25, 0.3) is 0 Å². The number of hydrogen-bond acceptors (Lipinski definition) is 2. The minimum absolute atomic E-state index is 0.00274. The average Bonchev–Trinajstić information content (AvgIpc) is 2.83. The summed E-state index contributed by atoms with van der Waals surface area (Å²) in [5, 5.41) is 7.99. The first-order valence-electron chi connectivity index (χ1n) is 6.71. The van der Waals surface area contributed by atoms with E-state index in [4.69, 9.17) is 22.7 Å². The van der Waals surface area contributed by atoms with Gasteiger partial charge in [-0.1, -0.05) is 29.8 Å². The van der Waals surface area contributed by atoms with E-state index >= 15 is 0 Å². The predicted molar refractivity (Wildman–Crippen MR) is 83.6 cm³/mol. The molecule has 3 rings (SSSR count). The maximum Gasteiger partial charge on any atom is 0.125 e. The van der Waals surface area contributed by atoms with E-state index in [0.29, 0.717) is 17.1 Å². The molecule has 1 aliphatic rings. The molecule has 0 saturated carbocycles. The number of benzene rings is 2. The van der Waals surface area contributed by atoms with E-state index in [9.17, 15) is 4.39 Å². The summed E-state index contributed by atoms with van der Waals surface area (Å²) in [6, 6.07) is 10.3. The van der Waals surface area contributed by atoms with Crippen LogP contribution in [0.3, 0.4) is 0 Å². The number of nitrogens with one attached hydrogen (secondary N) is 1. The maximum atomic E-state index is 13.4. The fourth-order valence-corrected chi connectivity index (χ4v) is 2.87. The SMILES string of the molecule is N=C(N)c1ccc(CN2CCc3ccc(F)cc32)c(Cl)c1. The molecule has 0 atom stereocenters. The van der Waals surface area contributed by atoms with Gasteiger partial charge in [-0.3, -0.25) is 5.41 Å². The van der Waals surface area contributed by atoms with E-state index in [2.05, 4.69) is 4.90 Å². The Labute approximate surface area is 127 Å². The molecule has 0 unspecified atom stereocenters. The van der Waals surface area contributed by atoms with E-state index in [0.717, 1.165) is 29.8 Å². The van der Waals surface area contributed by atoms with Crippen molar-refractivity contribution in [3.8, 4) is 0 Å². The molecular weight excluding hydrogens is 289 g/mol. The molecule has 1 heterocycles. The maximum absolute atomic E-state index is 13.4. The molecule has 0 amide bonds. The highest BCUT2D eigenvalue weighted by molar-refractivity contribution is 6.31. The van der Waals surface area contributed by atoms with Gasteiger partial charge in [-0.15, -0.1) is 0 Å². The highest BCUT2D eigenvalue weighted by atomic mass is 35.5. The van der Waals surface area contributed by atoms with Gasteiger partial charge >= 0.3 is 0 Å². The lowest BCUT2D eigenvalue weighted by molar-refractivity contribution is 0.627. The van der Waals surface area contributed by atoms with Crippen LogP contribution in [0.2, 0.25) is 5.02 Å². The number of anilines is 1. The normalized spacial score (nSPS) is 13.3. The second-order valence-corrected chi connectivity index (χ2v) is 5.57. The van der Waals surface area contributed by atoms with Crippen molar-refractivity contribution < 1.29 is 4.39 Å². The van der Waals surface area contributed by atoms with Gasteiger partial charge in [-0.05, 0) is 35.7 Å². The van der Waals surface area contributed by atoms with Crippen molar-refractivity contribution in [2.45, 2.75) is 13.0 Å². The van der Waals surface area contributed by atoms with Crippen LogP contribution >= 0.6 is 11.6 Å². The number of halogens is 2. The Bertz CT molecular complexity index is 715. The van der Waals surface area contributed by atoms with Crippen LogP contribution in [0, 0.1) is 11.2 Å². The summed E-state index contributed by atoms with van der Waals surface area (Å²) >= 11 is 6.26. The van der Waals surface area contributed by atoms with E-state index < -0.39 is 0 Å². The third kappa shape index (κ3) is 2.72. The summed E-state index contributed by atoms with van der Waals surface area (Å²) < 4.78 is 13.4. The number of rotatable bonds is 3. The van der Waals surface area contributed by atoms with Crippen LogP contribution in [0.25, 0.3) is 0 Å². The minimum Gasteiger partial charge on any atom is -0.384 e. The number of fused-ring (bicyclic) bond motifs is 1. The summed E-state index contributed by atoms with van der Waals surface area (Å²) in [7, 11) is 0. The van der Waals surface area contributed by atoms with Crippen molar-refractivity contribution in [3.63, 3.8) is 0 Å². The highest BCUT2D eigenvalue weighted by Gasteiger charge is 2.20. The van der Waals surface area contributed by atoms with Crippen molar-refractivity contribution in [1.29, 1.82) is 5.41 Å². The molecule has 0 aliphatic carbocycles. The largest absolute Gasteiger partial charge is 0.384 e. The van der Waals surface area contributed by atoms with Gasteiger partial charge in [0, 0.05) is 29.4 Å². The average molecular weight is 304 g/mol. The molecule has 2 aromatic rings. The van der Waals surface area contributed by atoms with Crippen molar-refractivity contribution in [3.05, 3.63) is 63.9 Å². The Morgan fingerprint density at radius 2 is 2.10 bits per heavy atom. The molecular formula is C16H15ClFN3. The molecule has 2 aromatic carbocycles. The number of nitrogens with two attached hydrogens (primary N) is 1.